The molecule has 0 aliphatic heterocycles. The summed E-state index contributed by atoms with van der Waals surface area (Å²) < 4.78 is 36.0. The number of benzene rings is 2. The molecule has 0 radical (unpaired) electrons. The van der Waals surface area contributed by atoms with Gasteiger partial charge in [-0.2, -0.15) is 13.2 Å². The highest BCUT2D eigenvalue weighted by molar-refractivity contribution is 6.35. The molecular formula is C13H10Cl3F3N2. The first-order chi connectivity index (χ1) is 9.61. The standard InChI is InChI=1S/C7H5ClF3N.C6H5Cl2N/c8-5-2-1-4(3-6(5)12)7(9,10)11;7-4-1-2-5(8)6(9)3-4/h1-3H,12H2;1-3H,9H2. The number of anilines is 2. The zero-order valence-corrected chi connectivity index (χ0v) is 12.7. The van der Waals surface area contributed by atoms with Gasteiger partial charge < -0.3 is 11.5 Å². The molecule has 0 atom stereocenters. The first kappa shape index (κ1) is 17.8. The summed E-state index contributed by atoms with van der Waals surface area (Å²) >= 11 is 16.6. The summed E-state index contributed by atoms with van der Waals surface area (Å²) in [5.41, 5.74) is 10.3. The fraction of sp³-hybridized carbons (Fsp3) is 0.0769. The fourth-order valence-electron chi connectivity index (χ4n) is 1.23. The Bertz CT molecular complexity index is 631. The number of alkyl halides is 3. The molecule has 0 unspecified atom stereocenters. The van der Waals surface area contributed by atoms with E-state index in [-0.39, 0.29) is 10.7 Å². The lowest BCUT2D eigenvalue weighted by atomic mass is 10.2. The van der Waals surface area contributed by atoms with Crippen LogP contribution in [0.25, 0.3) is 0 Å². The molecule has 0 saturated carbocycles. The van der Waals surface area contributed by atoms with Gasteiger partial charge in [-0.05, 0) is 36.4 Å². The van der Waals surface area contributed by atoms with Gasteiger partial charge in [0.2, 0.25) is 0 Å². The van der Waals surface area contributed by atoms with E-state index in [0.29, 0.717) is 15.7 Å². The molecule has 2 aromatic carbocycles. The molecule has 0 aliphatic rings. The number of hydrogen-bond donors (Lipinski definition) is 2. The van der Waals surface area contributed by atoms with Crippen molar-refractivity contribution >= 4 is 46.2 Å². The minimum Gasteiger partial charge on any atom is -0.398 e. The molecule has 2 rings (SSSR count). The van der Waals surface area contributed by atoms with Crippen molar-refractivity contribution in [2.24, 2.45) is 0 Å². The van der Waals surface area contributed by atoms with Crippen molar-refractivity contribution in [1.29, 1.82) is 0 Å². The van der Waals surface area contributed by atoms with Gasteiger partial charge in [-0.25, -0.2) is 0 Å². The zero-order chi connectivity index (χ0) is 16.2. The second kappa shape index (κ2) is 7.11. The van der Waals surface area contributed by atoms with Crippen LogP contribution in [0.2, 0.25) is 15.1 Å². The van der Waals surface area contributed by atoms with E-state index in [1.807, 2.05) is 0 Å². The van der Waals surface area contributed by atoms with Crippen LogP contribution >= 0.6 is 34.8 Å². The van der Waals surface area contributed by atoms with Crippen LogP contribution in [0.4, 0.5) is 24.5 Å². The Morgan fingerprint density at radius 1 is 0.762 bits per heavy atom. The molecule has 21 heavy (non-hydrogen) atoms. The topological polar surface area (TPSA) is 52.0 Å². The lowest BCUT2D eigenvalue weighted by molar-refractivity contribution is -0.137. The SMILES string of the molecule is Nc1cc(C(F)(F)F)ccc1Cl.Nc1cc(Cl)ccc1Cl. The van der Waals surface area contributed by atoms with Crippen molar-refractivity contribution in [2.75, 3.05) is 11.5 Å². The van der Waals surface area contributed by atoms with E-state index in [2.05, 4.69) is 0 Å². The number of rotatable bonds is 0. The maximum Gasteiger partial charge on any atom is 0.416 e. The van der Waals surface area contributed by atoms with E-state index in [1.54, 1.807) is 18.2 Å². The quantitative estimate of drug-likeness (QED) is 0.610. The Morgan fingerprint density at radius 3 is 1.62 bits per heavy atom. The summed E-state index contributed by atoms with van der Waals surface area (Å²) in [4.78, 5) is 0. The molecular weight excluding hydrogens is 348 g/mol. The van der Waals surface area contributed by atoms with E-state index in [1.165, 1.54) is 0 Å². The second-order valence-electron chi connectivity index (χ2n) is 3.90. The third-order valence-corrected chi connectivity index (χ3v) is 3.20. The minimum absolute atomic E-state index is 0.0634. The van der Waals surface area contributed by atoms with Crippen molar-refractivity contribution in [1.82, 2.24) is 0 Å². The molecule has 0 aromatic heterocycles. The first-order valence-electron chi connectivity index (χ1n) is 5.44. The summed E-state index contributed by atoms with van der Waals surface area (Å²) in [6, 6.07) is 7.80. The highest BCUT2D eigenvalue weighted by Crippen LogP contribution is 2.32. The monoisotopic (exact) mass is 356 g/mol. The average Bonchev–Trinajstić information content (AvgIpc) is 2.37. The highest BCUT2D eigenvalue weighted by atomic mass is 35.5. The van der Waals surface area contributed by atoms with Gasteiger partial charge >= 0.3 is 6.18 Å². The average molecular weight is 358 g/mol. The van der Waals surface area contributed by atoms with Gasteiger partial charge in [-0.3, -0.25) is 0 Å². The molecule has 0 amide bonds. The minimum atomic E-state index is -4.36. The van der Waals surface area contributed by atoms with Crippen LogP contribution in [0.3, 0.4) is 0 Å². The van der Waals surface area contributed by atoms with Crippen molar-refractivity contribution in [2.45, 2.75) is 6.18 Å². The summed E-state index contributed by atoms with van der Waals surface area (Å²) in [6.07, 6.45) is -4.36. The smallest absolute Gasteiger partial charge is 0.398 e. The predicted octanol–water partition coefficient (Wildman–Crippen LogP) is 5.52. The maximum atomic E-state index is 12.0. The summed E-state index contributed by atoms with van der Waals surface area (Å²) in [5.74, 6) is 0. The van der Waals surface area contributed by atoms with E-state index >= 15 is 0 Å². The molecule has 4 N–H and O–H groups in total. The lowest BCUT2D eigenvalue weighted by Crippen LogP contribution is -2.05. The van der Waals surface area contributed by atoms with Crippen LogP contribution in [-0.2, 0) is 6.18 Å². The van der Waals surface area contributed by atoms with Crippen molar-refractivity contribution in [3.63, 3.8) is 0 Å². The Hall–Kier alpha value is -1.30. The summed E-state index contributed by atoms with van der Waals surface area (Å²) in [7, 11) is 0. The van der Waals surface area contributed by atoms with Gasteiger partial charge in [0, 0.05) is 5.02 Å². The normalized spacial score (nSPS) is 10.8. The number of nitrogens with two attached hydrogens (primary N) is 2. The van der Waals surface area contributed by atoms with Crippen LogP contribution in [-0.4, -0.2) is 0 Å². The van der Waals surface area contributed by atoms with Crippen LogP contribution < -0.4 is 11.5 Å². The largest absolute Gasteiger partial charge is 0.416 e. The second-order valence-corrected chi connectivity index (χ2v) is 5.15. The van der Waals surface area contributed by atoms with E-state index in [4.69, 9.17) is 46.3 Å². The third-order valence-electron chi connectivity index (χ3n) is 2.28. The molecule has 0 saturated heterocycles. The molecule has 0 heterocycles. The summed E-state index contributed by atoms with van der Waals surface area (Å²) in [6.45, 7) is 0. The Morgan fingerprint density at radius 2 is 1.24 bits per heavy atom. The van der Waals surface area contributed by atoms with Gasteiger partial charge in [-0.15, -0.1) is 0 Å². The number of hydrogen-bond acceptors (Lipinski definition) is 2. The molecule has 0 bridgehead atoms. The van der Waals surface area contributed by atoms with Crippen molar-refractivity contribution in [3.8, 4) is 0 Å². The fourth-order valence-corrected chi connectivity index (χ4v) is 1.65. The van der Waals surface area contributed by atoms with E-state index in [0.717, 1.165) is 18.2 Å². The molecule has 8 heteroatoms. The highest BCUT2D eigenvalue weighted by Gasteiger charge is 2.30. The van der Waals surface area contributed by atoms with Gasteiger partial charge in [0.05, 0.1) is 27.0 Å². The Balaban J connectivity index is 0.000000219. The molecule has 2 aromatic rings. The van der Waals surface area contributed by atoms with E-state index < -0.39 is 11.7 Å². The van der Waals surface area contributed by atoms with Crippen LogP contribution in [0, 0.1) is 0 Å². The van der Waals surface area contributed by atoms with Crippen LogP contribution in [0.5, 0.6) is 0 Å². The third kappa shape index (κ3) is 5.53. The van der Waals surface area contributed by atoms with Crippen LogP contribution in [0.1, 0.15) is 5.56 Å². The zero-order valence-electron chi connectivity index (χ0n) is 10.4. The lowest BCUT2D eigenvalue weighted by Gasteiger charge is -2.07. The number of halogens is 6. The van der Waals surface area contributed by atoms with E-state index in [9.17, 15) is 13.2 Å². The van der Waals surface area contributed by atoms with Crippen molar-refractivity contribution < 1.29 is 13.2 Å². The maximum absolute atomic E-state index is 12.0. The molecule has 0 spiro atoms. The Labute approximate surface area is 134 Å². The number of nitrogen functional groups attached to an aromatic ring is 2. The van der Waals surface area contributed by atoms with Gasteiger partial charge in [0.25, 0.3) is 0 Å². The van der Waals surface area contributed by atoms with Gasteiger partial charge in [-0.1, -0.05) is 34.8 Å². The Kier molecular flexibility index (Phi) is 6.01. The predicted molar refractivity (Wildman–Crippen MR) is 81.7 cm³/mol. The van der Waals surface area contributed by atoms with Crippen LogP contribution in [0.15, 0.2) is 36.4 Å². The van der Waals surface area contributed by atoms with Gasteiger partial charge in [0.15, 0.2) is 0 Å². The molecule has 0 aliphatic carbocycles. The first-order valence-corrected chi connectivity index (χ1v) is 6.57. The molecule has 2 nitrogen and oxygen atoms in total. The molecule has 0 fully saturated rings. The molecule has 114 valence electrons. The van der Waals surface area contributed by atoms with Gasteiger partial charge in [0.1, 0.15) is 0 Å². The van der Waals surface area contributed by atoms with Crippen molar-refractivity contribution in [3.05, 3.63) is 57.0 Å². The summed E-state index contributed by atoms with van der Waals surface area (Å²) in [5, 5.41) is 1.28.